The second-order valence-corrected chi connectivity index (χ2v) is 10.9. The molecule has 1 aromatic heterocycles. The van der Waals surface area contributed by atoms with Crippen molar-refractivity contribution in [3.8, 4) is 6.07 Å². The summed E-state index contributed by atoms with van der Waals surface area (Å²) in [6, 6.07) is 20.6. The van der Waals surface area contributed by atoms with Gasteiger partial charge in [-0.05, 0) is 76.4 Å². The molecule has 0 bridgehead atoms. The number of nitrogens with zero attached hydrogens (tertiary/aromatic N) is 2. The lowest BCUT2D eigenvalue weighted by Crippen LogP contribution is -2.31. The van der Waals surface area contributed by atoms with Gasteiger partial charge >= 0.3 is 11.5 Å². The van der Waals surface area contributed by atoms with Crippen LogP contribution < -0.4 is 5.32 Å². The first-order valence-electron chi connectivity index (χ1n) is 12.0. The number of hydrogen-bond acceptors (Lipinski definition) is 6. The average molecular weight is 544 g/mol. The van der Waals surface area contributed by atoms with Crippen molar-refractivity contribution in [2.24, 2.45) is 0 Å². The molecule has 1 saturated heterocycles. The molecule has 1 fully saturated rings. The molecule has 1 aliphatic heterocycles. The molecule has 0 spiro atoms. The summed E-state index contributed by atoms with van der Waals surface area (Å²) < 4.78 is 11.0. The number of nitriles is 1. The minimum Gasteiger partial charge on any atom is -0.443 e. The van der Waals surface area contributed by atoms with Gasteiger partial charge in [-0.2, -0.15) is 5.26 Å². The van der Waals surface area contributed by atoms with E-state index in [4.69, 9.17) is 27.9 Å². The molecule has 3 aromatic rings. The average Bonchev–Trinajstić information content (AvgIpc) is 3.42. The zero-order chi connectivity index (χ0) is 27.2. The van der Waals surface area contributed by atoms with Gasteiger partial charge in [0.05, 0.1) is 5.52 Å². The van der Waals surface area contributed by atoms with Crippen LogP contribution in [-0.2, 0) is 21.3 Å². The SMILES string of the molecule is CC(C)(C)OC(=O)n1c(C#N)cc2cc(C3(Cc4ccccc4)CCNC3)ccc21.CC(Cl)OC(=O)Cl. The van der Waals surface area contributed by atoms with Gasteiger partial charge in [0.2, 0.25) is 0 Å². The first-order chi connectivity index (χ1) is 17.4. The monoisotopic (exact) mass is 543 g/mol. The number of carbonyl (C=O) groups is 2. The van der Waals surface area contributed by atoms with Crippen LogP contribution in [0.5, 0.6) is 0 Å². The number of alkyl halides is 1. The van der Waals surface area contributed by atoms with Crippen molar-refractivity contribution in [2.45, 2.75) is 57.1 Å². The molecule has 0 radical (unpaired) electrons. The van der Waals surface area contributed by atoms with E-state index < -0.39 is 22.7 Å². The number of hydrogen-bond donors (Lipinski definition) is 1. The van der Waals surface area contributed by atoms with Gasteiger partial charge in [0.15, 0.2) is 5.56 Å². The molecule has 9 heteroatoms. The van der Waals surface area contributed by atoms with Crippen molar-refractivity contribution >= 4 is 45.6 Å². The maximum atomic E-state index is 12.7. The van der Waals surface area contributed by atoms with Crippen LogP contribution in [0.2, 0.25) is 0 Å². The Bertz CT molecular complexity index is 1280. The van der Waals surface area contributed by atoms with E-state index >= 15 is 0 Å². The normalized spacial score (nSPS) is 17.9. The van der Waals surface area contributed by atoms with E-state index in [1.54, 1.807) is 6.07 Å². The maximum absolute atomic E-state index is 12.7. The predicted octanol–water partition coefficient (Wildman–Crippen LogP) is 6.72. The largest absolute Gasteiger partial charge is 0.443 e. The highest BCUT2D eigenvalue weighted by Gasteiger charge is 2.36. The summed E-state index contributed by atoms with van der Waals surface area (Å²) in [7, 11) is 0. The Morgan fingerprint density at radius 3 is 2.41 bits per heavy atom. The fourth-order valence-corrected chi connectivity index (χ4v) is 4.75. The van der Waals surface area contributed by atoms with Crippen LogP contribution in [0, 0.1) is 11.3 Å². The van der Waals surface area contributed by atoms with Gasteiger partial charge in [0.25, 0.3) is 0 Å². The lowest BCUT2D eigenvalue weighted by molar-refractivity contribution is 0.0543. The summed E-state index contributed by atoms with van der Waals surface area (Å²) in [5.41, 5.74) is 1.39. The quantitative estimate of drug-likeness (QED) is 0.290. The van der Waals surface area contributed by atoms with E-state index in [1.165, 1.54) is 22.6 Å². The zero-order valence-corrected chi connectivity index (χ0v) is 22.9. The van der Waals surface area contributed by atoms with Gasteiger partial charge in [0, 0.05) is 28.9 Å². The van der Waals surface area contributed by atoms with Gasteiger partial charge < -0.3 is 14.8 Å². The van der Waals surface area contributed by atoms with Crippen molar-refractivity contribution in [2.75, 3.05) is 13.1 Å². The fourth-order valence-electron chi connectivity index (χ4n) is 4.49. The Kier molecular flexibility index (Phi) is 9.25. The first kappa shape index (κ1) is 28.5. The third-order valence-electron chi connectivity index (χ3n) is 5.99. The number of benzene rings is 2. The van der Waals surface area contributed by atoms with Crippen LogP contribution >= 0.6 is 23.2 Å². The van der Waals surface area contributed by atoms with Crippen molar-refractivity contribution in [1.82, 2.24) is 9.88 Å². The highest BCUT2D eigenvalue weighted by molar-refractivity contribution is 6.61. The Morgan fingerprint density at radius 2 is 1.89 bits per heavy atom. The Labute approximate surface area is 227 Å². The third-order valence-corrected chi connectivity index (χ3v) is 6.17. The summed E-state index contributed by atoms with van der Waals surface area (Å²) in [5.74, 6) is 0. The summed E-state index contributed by atoms with van der Waals surface area (Å²) in [4.78, 5) is 22.5. The molecule has 196 valence electrons. The molecule has 0 saturated carbocycles. The van der Waals surface area contributed by atoms with Crippen LogP contribution in [0.4, 0.5) is 9.59 Å². The Balaban J connectivity index is 0.000000479. The first-order valence-corrected chi connectivity index (χ1v) is 12.8. The van der Waals surface area contributed by atoms with Gasteiger partial charge in [-0.1, -0.05) is 48.0 Å². The van der Waals surface area contributed by atoms with Crippen molar-refractivity contribution in [3.05, 3.63) is 71.4 Å². The summed E-state index contributed by atoms with van der Waals surface area (Å²) in [5, 5.41) is 14.0. The van der Waals surface area contributed by atoms with Gasteiger partial charge in [-0.25, -0.2) is 14.2 Å². The molecule has 37 heavy (non-hydrogen) atoms. The van der Waals surface area contributed by atoms with E-state index in [9.17, 15) is 14.9 Å². The number of nitrogens with one attached hydrogen (secondary N) is 1. The van der Waals surface area contributed by atoms with E-state index in [-0.39, 0.29) is 11.1 Å². The van der Waals surface area contributed by atoms with Crippen LogP contribution in [-0.4, -0.2) is 40.3 Å². The summed E-state index contributed by atoms with van der Waals surface area (Å²) in [6.45, 7) is 8.85. The topological polar surface area (TPSA) is 93.3 Å². The van der Waals surface area contributed by atoms with Gasteiger partial charge in [-0.15, -0.1) is 0 Å². The molecule has 2 atom stereocenters. The third kappa shape index (κ3) is 7.48. The molecule has 1 N–H and O–H groups in total. The minimum absolute atomic E-state index is 0.00360. The molecule has 1 aliphatic rings. The van der Waals surface area contributed by atoms with Gasteiger partial charge in [-0.3, -0.25) is 0 Å². The van der Waals surface area contributed by atoms with Crippen LogP contribution in [0.15, 0.2) is 54.6 Å². The van der Waals surface area contributed by atoms with Crippen molar-refractivity contribution < 1.29 is 19.1 Å². The maximum Gasteiger partial charge on any atom is 0.420 e. The van der Waals surface area contributed by atoms with Crippen molar-refractivity contribution in [1.29, 1.82) is 5.26 Å². The molecule has 2 unspecified atom stereocenters. The van der Waals surface area contributed by atoms with Crippen molar-refractivity contribution in [3.63, 3.8) is 0 Å². The number of halogens is 2. The highest BCUT2D eigenvalue weighted by atomic mass is 35.5. The lowest BCUT2D eigenvalue weighted by atomic mass is 9.74. The highest BCUT2D eigenvalue weighted by Crippen LogP contribution is 2.36. The number of ether oxygens (including phenoxy) is 2. The van der Waals surface area contributed by atoms with E-state index in [0.29, 0.717) is 5.52 Å². The predicted molar refractivity (Wildman–Crippen MR) is 145 cm³/mol. The van der Waals surface area contributed by atoms with Crippen LogP contribution in [0.1, 0.15) is 50.9 Å². The van der Waals surface area contributed by atoms with E-state index in [1.807, 2.05) is 32.9 Å². The number of rotatable bonds is 4. The number of carbonyl (C=O) groups excluding carboxylic acids is 2. The Morgan fingerprint density at radius 1 is 1.19 bits per heavy atom. The lowest BCUT2D eigenvalue weighted by Gasteiger charge is -2.29. The molecule has 2 heterocycles. The second kappa shape index (κ2) is 12.0. The molecule has 0 amide bonds. The van der Waals surface area contributed by atoms with Gasteiger partial charge in [0.1, 0.15) is 17.4 Å². The number of aromatic nitrogens is 1. The standard InChI is InChI=1S/C25H27N3O2.C3H4Cl2O2/c1-24(2,3)30-23(29)28-21(16-26)14-19-13-20(9-10-22(19)28)25(11-12-27-17-25)15-18-7-5-4-6-8-18;1-2(4)7-3(5)6/h4-10,13-14,27H,11-12,15,17H2,1-3H3;2H,1H3. The smallest absolute Gasteiger partial charge is 0.420 e. The zero-order valence-electron chi connectivity index (χ0n) is 21.4. The second-order valence-electron chi connectivity index (χ2n) is 10.00. The molecular formula is C28H31Cl2N3O4. The molecule has 4 rings (SSSR count). The Hall–Kier alpha value is -3.05. The molecule has 7 nitrogen and oxygen atoms in total. The van der Waals surface area contributed by atoms with E-state index in [0.717, 1.165) is 31.3 Å². The molecule has 2 aromatic carbocycles. The van der Waals surface area contributed by atoms with Crippen LogP contribution in [0.3, 0.4) is 0 Å². The van der Waals surface area contributed by atoms with Crippen LogP contribution in [0.25, 0.3) is 10.9 Å². The number of fused-ring (bicyclic) bond motifs is 1. The van der Waals surface area contributed by atoms with E-state index in [2.05, 4.69) is 52.5 Å². The summed E-state index contributed by atoms with van der Waals surface area (Å²) in [6.07, 6.45) is 1.47. The summed E-state index contributed by atoms with van der Waals surface area (Å²) >= 11 is 9.87. The minimum atomic E-state index is -0.873. The molecule has 0 aliphatic carbocycles. The fraction of sp³-hybridized carbons (Fsp3) is 0.393. The molecular weight excluding hydrogens is 513 g/mol.